The number of halogens is 1. The molecule has 0 aliphatic rings. The van der Waals surface area contributed by atoms with Crippen molar-refractivity contribution in [3.63, 3.8) is 0 Å². The van der Waals surface area contributed by atoms with Crippen LogP contribution in [-0.4, -0.2) is 33.5 Å². The molecule has 0 bridgehead atoms. The molecule has 0 aliphatic heterocycles. The Morgan fingerprint density at radius 2 is 1.78 bits per heavy atom. The third kappa shape index (κ3) is 5.43. The monoisotopic (exact) mass is 412 g/mol. The van der Waals surface area contributed by atoms with Crippen molar-refractivity contribution >= 4 is 39.2 Å². The normalized spacial score (nSPS) is 12.1. The molecule has 2 aromatic carbocycles. The number of ether oxygens (including phenoxy) is 2. The van der Waals surface area contributed by atoms with Crippen molar-refractivity contribution in [3.05, 3.63) is 53.1 Å². The van der Waals surface area contributed by atoms with Gasteiger partial charge in [0.1, 0.15) is 11.3 Å². The van der Waals surface area contributed by atoms with E-state index in [4.69, 9.17) is 26.2 Å². The molecule has 0 heterocycles. The van der Waals surface area contributed by atoms with Gasteiger partial charge in [0.15, 0.2) is 6.10 Å². The smallest absolute Gasteiger partial charge is 0.342 e. The van der Waals surface area contributed by atoms with E-state index in [9.17, 15) is 18.0 Å². The van der Waals surface area contributed by atoms with Crippen LogP contribution >= 0.6 is 11.6 Å². The fourth-order valence-electron chi connectivity index (χ4n) is 2.08. The molecule has 8 nitrogen and oxygen atoms in total. The maximum Gasteiger partial charge on any atom is 0.342 e. The quantitative estimate of drug-likeness (QED) is 0.700. The average molecular weight is 413 g/mol. The molecule has 27 heavy (non-hydrogen) atoms. The van der Waals surface area contributed by atoms with Gasteiger partial charge in [0, 0.05) is 10.7 Å². The van der Waals surface area contributed by atoms with Crippen LogP contribution in [0.1, 0.15) is 17.3 Å². The van der Waals surface area contributed by atoms with Gasteiger partial charge in [-0.25, -0.2) is 18.4 Å². The van der Waals surface area contributed by atoms with Crippen LogP contribution in [0.3, 0.4) is 0 Å². The predicted molar refractivity (Wildman–Crippen MR) is 99.3 cm³/mol. The van der Waals surface area contributed by atoms with E-state index >= 15 is 0 Å². The Balaban J connectivity index is 2.15. The van der Waals surface area contributed by atoms with Gasteiger partial charge in [-0.2, -0.15) is 0 Å². The molecule has 0 aromatic heterocycles. The van der Waals surface area contributed by atoms with Crippen LogP contribution < -0.4 is 15.2 Å². The summed E-state index contributed by atoms with van der Waals surface area (Å²) in [6, 6.07) is 9.87. The van der Waals surface area contributed by atoms with Crippen molar-refractivity contribution in [2.24, 2.45) is 5.14 Å². The summed E-state index contributed by atoms with van der Waals surface area (Å²) in [4.78, 5) is 24.3. The number of benzene rings is 2. The van der Waals surface area contributed by atoms with E-state index in [1.807, 2.05) is 0 Å². The molecule has 2 rings (SSSR count). The summed E-state index contributed by atoms with van der Waals surface area (Å²) >= 11 is 5.78. The Morgan fingerprint density at radius 1 is 1.15 bits per heavy atom. The summed E-state index contributed by atoms with van der Waals surface area (Å²) in [5.74, 6) is -1.43. The number of rotatable bonds is 6. The van der Waals surface area contributed by atoms with Crippen molar-refractivity contribution in [1.82, 2.24) is 0 Å². The van der Waals surface area contributed by atoms with Crippen LogP contribution in [0.4, 0.5) is 5.69 Å². The number of carbonyl (C=O) groups is 2. The van der Waals surface area contributed by atoms with E-state index in [0.717, 1.165) is 6.07 Å². The molecule has 0 spiro atoms. The minimum Gasteiger partial charge on any atom is -0.496 e. The van der Waals surface area contributed by atoms with E-state index in [1.54, 1.807) is 24.3 Å². The van der Waals surface area contributed by atoms with Gasteiger partial charge in [-0.05, 0) is 49.4 Å². The number of carbonyl (C=O) groups excluding carboxylic acids is 2. The summed E-state index contributed by atoms with van der Waals surface area (Å²) < 4.78 is 33.1. The second-order valence-corrected chi connectivity index (χ2v) is 7.45. The molecule has 2 aromatic rings. The van der Waals surface area contributed by atoms with Crippen molar-refractivity contribution in [2.45, 2.75) is 17.9 Å². The number of nitrogens with two attached hydrogens (primary N) is 1. The Morgan fingerprint density at radius 3 is 2.33 bits per heavy atom. The number of hydrogen-bond donors (Lipinski definition) is 2. The number of sulfonamides is 1. The van der Waals surface area contributed by atoms with Gasteiger partial charge in [-0.15, -0.1) is 0 Å². The van der Waals surface area contributed by atoms with Crippen LogP contribution in [0.2, 0.25) is 5.02 Å². The van der Waals surface area contributed by atoms with E-state index in [-0.39, 0.29) is 16.2 Å². The predicted octanol–water partition coefficient (Wildman–Crippen LogP) is 2.18. The van der Waals surface area contributed by atoms with Crippen LogP contribution in [-0.2, 0) is 19.6 Å². The van der Waals surface area contributed by atoms with Gasteiger partial charge in [-0.3, -0.25) is 4.79 Å². The Labute approximate surface area is 161 Å². The van der Waals surface area contributed by atoms with E-state index in [1.165, 1.54) is 26.2 Å². The summed E-state index contributed by atoms with van der Waals surface area (Å²) in [5, 5.41) is 8.15. The number of nitrogens with one attached hydrogen (secondary N) is 1. The molecule has 1 amide bonds. The topological polar surface area (TPSA) is 125 Å². The molecule has 0 radical (unpaired) electrons. The van der Waals surface area contributed by atoms with E-state index < -0.39 is 28.0 Å². The third-order valence-corrected chi connectivity index (χ3v) is 4.65. The molecule has 0 fully saturated rings. The molecular weight excluding hydrogens is 396 g/mol. The lowest BCUT2D eigenvalue weighted by Gasteiger charge is -2.15. The fourth-order valence-corrected chi connectivity index (χ4v) is 2.74. The third-order valence-electron chi connectivity index (χ3n) is 3.48. The molecule has 144 valence electrons. The maximum atomic E-state index is 12.4. The van der Waals surface area contributed by atoms with Gasteiger partial charge in [-0.1, -0.05) is 11.6 Å². The zero-order valence-corrected chi connectivity index (χ0v) is 16.0. The van der Waals surface area contributed by atoms with Crippen LogP contribution in [0, 0.1) is 0 Å². The highest BCUT2D eigenvalue weighted by atomic mass is 35.5. The number of hydrogen-bond acceptors (Lipinski definition) is 6. The maximum absolute atomic E-state index is 12.4. The SMILES string of the molecule is COc1ccc(S(N)(=O)=O)cc1C(=O)O[C@H](C)C(=O)Nc1ccc(Cl)cc1. The summed E-state index contributed by atoms with van der Waals surface area (Å²) in [6.07, 6.45) is -1.16. The largest absolute Gasteiger partial charge is 0.496 e. The molecule has 0 saturated heterocycles. The highest BCUT2D eigenvalue weighted by molar-refractivity contribution is 7.89. The lowest BCUT2D eigenvalue weighted by Crippen LogP contribution is -2.30. The summed E-state index contributed by atoms with van der Waals surface area (Å²) in [5.41, 5.74) is 0.302. The van der Waals surface area contributed by atoms with Gasteiger partial charge >= 0.3 is 5.97 Å². The second kappa shape index (κ2) is 8.38. The Hall–Kier alpha value is -2.62. The van der Waals surface area contributed by atoms with Crippen molar-refractivity contribution in [3.8, 4) is 5.75 Å². The number of anilines is 1. The molecule has 0 unspecified atom stereocenters. The minimum absolute atomic E-state index is 0.0812. The van der Waals surface area contributed by atoms with Crippen LogP contribution in [0.5, 0.6) is 5.75 Å². The highest BCUT2D eigenvalue weighted by Gasteiger charge is 2.23. The molecule has 3 N–H and O–H groups in total. The lowest BCUT2D eigenvalue weighted by atomic mass is 10.2. The van der Waals surface area contributed by atoms with Gasteiger partial charge in [0.05, 0.1) is 12.0 Å². The van der Waals surface area contributed by atoms with Crippen molar-refractivity contribution < 1.29 is 27.5 Å². The van der Waals surface area contributed by atoms with Gasteiger partial charge < -0.3 is 14.8 Å². The fraction of sp³-hybridized carbons (Fsp3) is 0.176. The summed E-state index contributed by atoms with van der Waals surface area (Å²) in [6.45, 7) is 1.37. The summed E-state index contributed by atoms with van der Waals surface area (Å²) in [7, 11) is -2.72. The van der Waals surface area contributed by atoms with Crippen LogP contribution in [0.15, 0.2) is 47.4 Å². The first-order chi connectivity index (χ1) is 12.6. The number of amides is 1. The second-order valence-electron chi connectivity index (χ2n) is 5.45. The van der Waals surface area contributed by atoms with Gasteiger partial charge in [0.2, 0.25) is 10.0 Å². The highest BCUT2D eigenvalue weighted by Crippen LogP contribution is 2.23. The van der Waals surface area contributed by atoms with Crippen molar-refractivity contribution in [2.75, 3.05) is 12.4 Å². The number of primary sulfonamides is 1. The zero-order chi connectivity index (χ0) is 20.2. The number of methoxy groups -OCH3 is 1. The zero-order valence-electron chi connectivity index (χ0n) is 14.4. The Kier molecular flexibility index (Phi) is 6.42. The van der Waals surface area contributed by atoms with Crippen LogP contribution in [0.25, 0.3) is 0 Å². The first-order valence-corrected chi connectivity index (χ1v) is 9.52. The van der Waals surface area contributed by atoms with E-state index in [0.29, 0.717) is 10.7 Å². The average Bonchev–Trinajstić information content (AvgIpc) is 2.62. The first-order valence-electron chi connectivity index (χ1n) is 7.60. The molecule has 0 saturated carbocycles. The minimum atomic E-state index is -4.03. The Bertz CT molecular complexity index is 960. The van der Waals surface area contributed by atoms with Gasteiger partial charge in [0.25, 0.3) is 5.91 Å². The molecular formula is C17H17ClN2O6S. The van der Waals surface area contributed by atoms with Crippen molar-refractivity contribution in [1.29, 1.82) is 0 Å². The standard InChI is InChI=1S/C17H17ClN2O6S/c1-10(16(21)20-12-5-3-11(18)4-6-12)26-17(22)14-9-13(27(19,23)24)7-8-15(14)25-2/h3-10H,1-2H3,(H,20,21)(H2,19,23,24)/t10-/m1/s1. The lowest BCUT2D eigenvalue weighted by molar-refractivity contribution is -0.123. The first kappa shape index (κ1) is 20.7. The molecule has 10 heteroatoms. The molecule has 1 atom stereocenters. The number of esters is 1. The van der Waals surface area contributed by atoms with E-state index in [2.05, 4.69) is 5.32 Å². The molecule has 0 aliphatic carbocycles.